The Balaban J connectivity index is 2.35. The van der Waals surface area contributed by atoms with Crippen molar-refractivity contribution < 1.29 is 14.3 Å². The summed E-state index contributed by atoms with van der Waals surface area (Å²) in [5.41, 5.74) is -0.0390. The first-order valence-corrected chi connectivity index (χ1v) is 8.35. The molecule has 0 aromatic rings. The number of carbonyl (C=O) groups is 1. The number of hydrogen-bond donors (Lipinski definition) is 0. The van der Waals surface area contributed by atoms with Gasteiger partial charge in [0.1, 0.15) is 6.61 Å². The summed E-state index contributed by atoms with van der Waals surface area (Å²) in [4.78, 5) is 11.5. The standard InChI is InChI=1S/C18H30O3/c1-18(2)14-10-6-4-3-5-9-13-17(19)20-15-11-7-8-12-16-21-18/h3-6,9-16H2,1-2H3. The fourth-order valence-electron chi connectivity index (χ4n) is 2.44. The highest BCUT2D eigenvalue weighted by molar-refractivity contribution is 5.69. The van der Waals surface area contributed by atoms with E-state index in [1.54, 1.807) is 0 Å². The zero-order chi connectivity index (χ0) is 15.4. The summed E-state index contributed by atoms with van der Waals surface area (Å²) < 4.78 is 11.1. The smallest absolute Gasteiger partial charge is 0.305 e. The molecule has 0 amide bonds. The Morgan fingerprint density at radius 1 is 0.905 bits per heavy atom. The number of esters is 1. The lowest BCUT2D eigenvalue weighted by Crippen LogP contribution is -2.24. The van der Waals surface area contributed by atoms with Crippen LogP contribution in [0.15, 0.2) is 0 Å². The summed E-state index contributed by atoms with van der Waals surface area (Å²) in [6.45, 7) is 5.42. The van der Waals surface area contributed by atoms with E-state index in [1.165, 1.54) is 25.7 Å². The average Bonchev–Trinajstić information content (AvgIpc) is 2.43. The van der Waals surface area contributed by atoms with Crippen molar-refractivity contribution in [1.82, 2.24) is 0 Å². The molecule has 0 aromatic carbocycles. The number of carbonyl (C=O) groups excluding carboxylic acids is 1. The molecular formula is C18H30O3. The molecule has 0 aliphatic carbocycles. The van der Waals surface area contributed by atoms with E-state index in [9.17, 15) is 4.79 Å². The Kier molecular flexibility index (Phi) is 9.17. The Bertz CT molecular complexity index is 349. The third-order valence-electron chi connectivity index (χ3n) is 3.74. The molecule has 0 unspecified atom stereocenters. The Morgan fingerprint density at radius 2 is 1.52 bits per heavy atom. The van der Waals surface area contributed by atoms with E-state index in [2.05, 4.69) is 25.7 Å². The van der Waals surface area contributed by atoms with Gasteiger partial charge in [-0.2, -0.15) is 0 Å². The topological polar surface area (TPSA) is 35.5 Å². The minimum absolute atomic E-state index is 0.0390. The van der Waals surface area contributed by atoms with Gasteiger partial charge in [0.15, 0.2) is 0 Å². The van der Waals surface area contributed by atoms with E-state index < -0.39 is 0 Å². The number of rotatable bonds is 0. The Morgan fingerprint density at radius 3 is 2.29 bits per heavy atom. The molecule has 3 heteroatoms. The van der Waals surface area contributed by atoms with Crippen LogP contribution in [-0.4, -0.2) is 24.8 Å². The molecule has 0 N–H and O–H groups in total. The molecule has 21 heavy (non-hydrogen) atoms. The second kappa shape index (κ2) is 10.7. The van der Waals surface area contributed by atoms with Crippen LogP contribution >= 0.6 is 0 Å². The van der Waals surface area contributed by atoms with E-state index in [-0.39, 0.29) is 11.6 Å². The summed E-state index contributed by atoms with van der Waals surface area (Å²) in [7, 11) is 0. The largest absolute Gasteiger partial charge is 0.465 e. The molecule has 0 saturated carbocycles. The lowest BCUT2D eigenvalue weighted by molar-refractivity contribution is -0.143. The van der Waals surface area contributed by atoms with Gasteiger partial charge in [-0.3, -0.25) is 4.79 Å². The van der Waals surface area contributed by atoms with Crippen LogP contribution in [0.25, 0.3) is 0 Å². The van der Waals surface area contributed by atoms with E-state index in [0.717, 1.165) is 25.7 Å². The SMILES string of the molecule is CC1(C)CCCCCCCCC(=O)OCCC#CCCO1. The molecule has 0 fully saturated rings. The maximum Gasteiger partial charge on any atom is 0.305 e. The third-order valence-corrected chi connectivity index (χ3v) is 3.74. The monoisotopic (exact) mass is 294 g/mol. The van der Waals surface area contributed by atoms with Crippen molar-refractivity contribution >= 4 is 5.97 Å². The second-order valence-corrected chi connectivity index (χ2v) is 6.30. The number of cyclic esters (lactones) is 1. The van der Waals surface area contributed by atoms with E-state index in [4.69, 9.17) is 9.47 Å². The fourth-order valence-corrected chi connectivity index (χ4v) is 2.44. The van der Waals surface area contributed by atoms with Crippen molar-refractivity contribution in [2.24, 2.45) is 0 Å². The molecule has 0 spiro atoms. The molecule has 0 bridgehead atoms. The molecule has 120 valence electrons. The van der Waals surface area contributed by atoms with Gasteiger partial charge >= 0.3 is 5.97 Å². The molecule has 0 saturated heterocycles. The summed E-state index contributed by atoms with van der Waals surface area (Å²) >= 11 is 0. The molecule has 1 heterocycles. The van der Waals surface area contributed by atoms with Crippen LogP contribution in [0.4, 0.5) is 0 Å². The highest BCUT2D eigenvalue weighted by atomic mass is 16.5. The van der Waals surface area contributed by atoms with E-state index >= 15 is 0 Å². The molecule has 1 aliphatic heterocycles. The van der Waals surface area contributed by atoms with E-state index in [0.29, 0.717) is 26.1 Å². The van der Waals surface area contributed by atoms with Gasteiger partial charge in [0.25, 0.3) is 0 Å². The van der Waals surface area contributed by atoms with Crippen molar-refractivity contribution in [3.63, 3.8) is 0 Å². The molecule has 1 rings (SSSR count). The molecule has 1 aliphatic rings. The third kappa shape index (κ3) is 10.4. The quantitative estimate of drug-likeness (QED) is 0.495. The second-order valence-electron chi connectivity index (χ2n) is 6.30. The molecule has 3 nitrogen and oxygen atoms in total. The van der Waals surface area contributed by atoms with Crippen LogP contribution in [0.5, 0.6) is 0 Å². The lowest BCUT2D eigenvalue weighted by Gasteiger charge is -2.25. The molecule has 0 aromatic heterocycles. The van der Waals surface area contributed by atoms with Crippen molar-refractivity contribution in [3.05, 3.63) is 0 Å². The van der Waals surface area contributed by atoms with Gasteiger partial charge in [-0.05, 0) is 26.7 Å². The van der Waals surface area contributed by atoms with Crippen molar-refractivity contribution in [1.29, 1.82) is 0 Å². The molecule has 0 atom stereocenters. The first-order valence-electron chi connectivity index (χ1n) is 8.35. The van der Waals surface area contributed by atoms with Crippen molar-refractivity contribution in [3.8, 4) is 11.8 Å². The van der Waals surface area contributed by atoms with Gasteiger partial charge in [0.05, 0.1) is 12.2 Å². The summed E-state index contributed by atoms with van der Waals surface area (Å²) in [6.07, 6.45) is 10.00. The van der Waals surface area contributed by atoms with Crippen molar-refractivity contribution in [2.75, 3.05) is 13.2 Å². The van der Waals surface area contributed by atoms with E-state index in [1.807, 2.05) is 0 Å². The maximum absolute atomic E-state index is 11.5. The first-order chi connectivity index (χ1) is 10.1. The van der Waals surface area contributed by atoms with Crippen molar-refractivity contribution in [2.45, 2.75) is 83.7 Å². The van der Waals surface area contributed by atoms with Crippen LogP contribution in [0, 0.1) is 11.8 Å². The van der Waals surface area contributed by atoms with Gasteiger partial charge in [0.2, 0.25) is 0 Å². The molecular weight excluding hydrogens is 264 g/mol. The first kappa shape index (κ1) is 18.0. The minimum Gasteiger partial charge on any atom is -0.465 e. The summed E-state index contributed by atoms with van der Waals surface area (Å²) in [5, 5.41) is 0. The van der Waals surface area contributed by atoms with Crippen LogP contribution in [-0.2, 0) is 14.3 Å². The number of ether oxygens (including phenoxy) is 2. The van der Waals surface area contributed by atoms with Crippen LogP contribution in [0.2, 0.25) is 0 Å². The minimum atomic E-state index is -0.0806. The zero-order valence-electron chi connectivity index (χ0n) is 13.7. The van der Waals surface area contributed by atoms with Crippen LogP contribution in [0.3, 0.4) is 0 Å². The predicted molar refractivity (Wildman–Crippen MR) is 84.9 cm³/mol. The highest BCUT2D eigenvalue weighted by Crippen LogP contribution is 2.19. The van der Waals surface area contributed by atoms with Gasteiger partial charge in [-0.1, -0.05) is 38.0 Å². The maximum atomic E-state index is 11.5. The zero-order valence-corrected chi connectivity index (χ0v) is 13.7. The van der Waals surface area contributed by atoms with Crippen LogP contribution < -0.4 is 0 Å². The summed E-state index contributed by atoms with van der Waals surface area (Å²) in [5.74, 6) is 6.03. The van der Waals surface area contributed by atoms with Gasteiger partial charge < -0.3 is 9.47 Å². The highest BCUT2D eigenvalue weighted by Gasteiger charge is 2.17. The summed E-state index contributed by atoms with van der Waals surface area (Å²) in [6, 6.07) is 0. The Hall–Kier alpha value is -1.01. The van der Waals surface area contributed by atoms with Gasteiger partial charge in [0, 0.05) is 19.3 Å². The fraction of sp³-hybridized carbons (Fsp3) is 0.833. The van der Waals surface area contributed by atoms with Crippen LogP contribution in [0.1, 0.15) is 78.1 Å². The Labute approximate surface area is 129 Å². The predicted octanol–water partition coefficient (Wildman–Crippen LogP) is 4.24. The lowest BCUT2D eigenvalue weighted by atomic mass is 9.99. The average molecular weight is 294 g/mol. The normalized spacial score (nSPS) is 23.0. The van der Waals surface area contributed by atoms with Gasteiger partial charge in [-0.25, -0.2) is 0 Å². The van der Waals surface area contributed by atoms with Gasteiger partial charge in [-0.15, -0.1) is 5.92 Å². The molecule has 0 radical (unpaired) electrons. The number of hydrogen-bond acceptors (Lipinski definition) is 3.